The van der Waals surface area contributed by atoms with Gasteiger partial charge in [-0.1, -0.05) is 30.3 Å². The monoisotopic (exact) mass is 221 g/mol. The lowest BCUT2D eigenvalue weighted by atomic mass is 10.1. The van der Waals surface area contributed by atoms with Crippen molar-refractivity contribution < 1.29 is 0 Å². The fraction of sp³-hybridized carbons (Fsp3) is 0.538. The molecule has 2 atom stereocenters. The van der Waals surface area contributed by atoms with Crippen molar-refractivity contribution in [3.05, 3.63) is 35.9 Å². The smallest absolute Gasteiger partial charge is 0.0292 e. The molecule has 0 amide bonds. The molecule has 0 saturated carbocycles. The standard InChI is InChI=1S/C13H19NS/c1-11(12-6-3-2-4-7-12)14-10-13-8-5-9-15-13/h2-4,6-7,11,13-14H,5,8-10H2,1H3. The van der Waals surface area contributed by atoms with Crippen LogP contribution in [0.5, 0.6) is 0 Å². The third-order valence-corrected chi connectivity index (χ3v) is 4.37. The molecule has 15 heavy (non-hydrogen) atoms. The number of benzene rings is 1. The van der Waals surface area contributed by atoms with Crippen LogP contribution < -0.4 is 5.32 Å². The zero-order valence-corrected chi connectivity index (χ0v) is 10.1. The first-order chi connectivity index (χ1) is 7.36. The van der Waals surface area contributed by atoms with E-state index in [1.165, 1.54) is 24.2 Å². The molecule has 0 spiro atoms. The molecule has 2 rings (SSSR count). The molecule has 1 heterocycles. The first-order valence-electron chi connectivity index (χ1n) is 5.76. The average molecular weight is 221 g/mol. The highest BCUT2D eigenvalue weighted by Gasteiger charge is 2.16. The van der Waals surface area contributed by atoms with Gasteiger partial charge in [-0.05, 0) is 31.1 Å². The topological polar surface area (TPSA) is 12.0 Å². The molecular formula is C13H19NS. The fourth-order valence-corrected chi connectivity index (χ4v) is 3.19. The molecule has 1 nitrogen and oxygen atoms in total. The van der Waals surface area contributed by atoms with Gasteiger partial charge in [0.1, 0.15) is 0 Å². The minimum atomic E-state index is 0.479. The summed E-state index contributed by atoms with van der Waals surface area (Å²) < 4.78 is 0. The molecule has 1 aliphatic rings. The summed E-state index contributed by atoms with van der Waals surface area (Å²) in [4.78, 5) is 0. The highest BCUT2D eigenvalue weighted by Crippen LogP contribution is 2.26. The maximum atomic E-state index is 3.62. The van der Waals surface area contributed by atoms with Gasteiger partial charge in [-0.25, -0.2) is 0 Å². The number of thioether (sulfide) groups is 1. The van der Waals surface area contributed by atoms with Gasteiger partial charge in [0.25, 0.3) is 0 Å². The van der Waals surface area contributed by atoms with Crippen LogP contribution in [0.25, 0.3) is 0 Å². The largest absolute Gasteiger partial charge is 0.309 e. The summed E-state index contributed by atoms with van der Waals surface area (Å²) in [5.74, 6) is 1.35. The first kappa shape index (κ1) is 11.0. The quantitative estimate of drug-likeness (QED) is 0.837. The minimum Gasteiger partial charge on any atom is -0.309 e. The van der Waals surface area contributed by atoms with E-state index in [9.17, 15) is 0 Å². The Hall–Kier alpha value is -0.470. The molecule has 0 bridgehead atoms. The van der Waals surface area contributed by atoms with Gasteiger partial charge in [-0.3, -0.25) is 0 Å². The predicted octanol–water partition coefficient (Wildman–Crippen LogP) is 3.23. The molecule has 1 saturated heterocycles. The summed E-state index contributed by atoms with van der Waals surface area (Å²) in [6, 6.07) is 11.2. The zero-order valence-electron chi connectivity index (χ0n) is 9.28. The number of rotatable bonds is 4. The third-order valence-electron chi connectivity index (χ3n) is 2.98. The summed E-state index contributed by atoms with van der Waals surface area (Å²) in [5.41, 5.74) is 1.39. The Labute approximate surface area is 96.7 Å². The van der Waals surface area contributed by atoms with Crippen LogP contribution >= 0.6 is 11.8 Å². The zero-order chi connectivity index (χ0) is 10.5. The molecule has 0 aliphatic carbocycles. The van der Waals surface area contributed by atoms with Crippen molar-refractivity contribution in [2.45, 2.75) is 31.1 Å². The second-order valence-electron chi connectivity index (χ2n) is 4.18. The lowest BCUT2D eigenvalue weighted by Crippen LogP contribution is -2.26. The molecule has 2 heteroatoms. The van der Waals surface area contributed by atoms with Crippen LogP contribution in [0.15, 0.2) is 30.3 Å². The number of hydrogen-bond acceptors (Lipinski definition) is 2. The summed E-state index contributed by atoms with van der Waals surface area (Å²) in [6.45, 7) is 3.40. The van der Waals surface area contributed by atoms with Gasteiger partial charge in [0, 0.05) is 17.8 Å². The van der Waals surface area contributed by atoms with Crippen LogP contribution in [0, 0.1) is 0 Å². The van der Waals surface area contributed by atoms with E-state index in [1.807, 2.05) is 0 Å². The molecule has 82 valence electrons. The molecule has 1 aromatic rings. The highest BCUT2D eigenvalue weighted by molar-refractivity contribution is 8.00. The number of hydrogen-bond donors (Lipinski definition) is 1. The van der Waals surface area contributed by atoms with E-state index in [1.54, 1.807) is 0 Å². The van der Waals surface area contributed by atoms with E-state index in [4.69, 9.17) is 0 Å². The van der Waals surface area contributed by atoms with Gasteiger partial charge < -0.3 is 5.32 Å². The van der Waals surface area contributed by atoms with Crippen molar-refractivity contribution in [3.8, 4) is 0 Å². The van der Waals surface area contributed by atoms with Crippen molar-refractivity contribution in [1.29, 1.82) is 0 Å². The van der Waals surface area contributed by atoms with Gasteiger partial charge in [-0.2, -0.15) is 11.8 Å². The Balaban J connectivity index is 1.79. The fourth-order valence-electron chi connectivity index (χ4n) is 1.97. The van der Waals surface area contributed by atoms with Crippen molar-refractivity contribution in [3.63, 3.8) is 0 Å². The molecular weight excluding hydrogens is 202 g/mol. The molecule has 1 aromatic carbocycles. The molecule has 1 fully saturated rings. The molecule has 1 aliphatic heterocycles. The second kappa shape index (κ2) is 5.57. The van der Waals surface area contributed by atoms with Gasteiger partial charge in [0.2, 0.25) is 0 Å². The van der Waals surface area contributed by atoms with Crippen LogP contribution in [-0.4, -0.2) is 17.5 Å². The Bertz CT molecular complexity index is 280. The normalized spacial score (nSPS) is 22.9. The van der Waals surface area contributed by atoms with Gasteiger partial charge in [-0.15, -0.1) is 0 Å². The van der Waals surface area contributed by atoms with Crippen LogP contribution in [-0.2, 0) is 0 Å². The molecule has 0 radical (unpaired) electrons. The Morgan fingerprint density at radius 2 is 2.20 bits per heavy atom. The van der Waals surface area contributed by atoms with E-state index in [0.717, 1.165) is 11.8 Å². The lowest BCUT2D eigenvalue weighted by Gasteiger charge is -2.16. The lowest BCUT2D eigenvalue weighted by molar-refractivity contribution is 0.559. The van der Waals surface area contributed by atoms with Crippen molar-refractivity contribution >= 4 is 11.8 Å². The summed E-state index contributed by atoms with van der Waals surface area (Å²) in [6.07, 6.45) is 2.79. The van der Waals surface area contributed by atoms with E-state index in [0.29, 0.717) is 6.04 Å². The number of nitrogens with one attached hydrogen (secondary N) is 1. The molecule has 0 aromatic heterocycles. The van der Waals surface area contributed by atoms with Crippen LogP contribution in [0.4, 0.5) is 0 Å². The molecule has 2 unspecified atom stereocenters. The summed E-state index contributed by atoms with van der Waals surface area (Å²) >= 11 is 2.12. The maximum Gasteiger partial charge on any atom is 0.0292 e. The molecule has 1 N–H and O–H groups in total. The SMILES string of the molecule is CC(NCC1CCCS1)c1ccccc1. The average Bonchev–Trinajstić information content (AvgIpc) is 2.80. The van der Waals surface area contributed by atoms with E-state index in [-0.39, 0.29) is 0 Å². The van der Waals surface area contributed by atoms with Crippen molar-refractivity contribution in [2.24, 2.45) is 0 Å². The van der Waals surface area contributed by atoms with Gasteiger partial charge in [0.15, 0.2) is 0 Å². The van der Waals surface area contributed by atoms with Crippen molar-refractivity contribution in [2.75, 3.05) is 12.3 Å². The summed E-state index contributed by atoms with van der Waals surface area (Å²) in [7, 11) is 0. The third kappa shape index (κ3) is 3.25. The van der Waals surface area contributed by atoms with Crippen molar-refractivity contribution in [1.82, 2.24) is 5.32 Å². The Morgan fingerprint density at radius 3 is 2.87 bits per heavy atom. The Morgan fingerprint density at radius 1 is 1.40 bits per heavy atom. The maximum absolute atomic E-state index is 3.62. The van der Waals surface area contributed by atoms with Gasteiger partial charge in [0.05, 0.1) is 0 Å². The first-order valence-corrected chi connectivity index (χ1v) is 6.81. The van der Waals surface area contributed by atoms with E-state index in [2.05, 4.69) is 54.3 Å². The minimum absolute atomic E-state index is 0.479. The van der Waals surface area contributed by atoms with E-state index >= 15 is 0 Å². The van der Waals surface area contributed by atoms with Crippen LogP contribution in [0.3, 0.4) is 0 Å². The van der Waals surface area contributed by atoms with E-state index < -0.39 is 0 Å². The van der Waals surface area contributed by atoms with Crippen LogP contribution in [0.2, 0.25) is 0 Å². The van der Waals surface area contributed by atoms with Crippen LogP contribution in [0.1, 0.15) is 31.4 Å². The second-order valence-corrected chi connectivity index (χ2v) is 5.58. The highest BCUT2D eigenvalue weighted by atomic mass is 32.2. The van der Waals surface area contributed by atoms with Gasteiger partial charge >= 0.3 is 0 Å². The summed E-state index contributed by atoms with van der Waals surface area (Å²) in [5, 5.41) is 4.46. The Kier molecular flexibility index (Phi) is 4.09. The predicted molar refractivity (Wildman–Crippen MR) is 68.3 cm³/mol.